The molecule has 0 bridgehead atoms. The zero-order valence-corrected chi connectivity index (χ0v) is 13.3. The zero-order valence-electron chi connectivity index (χ0n) is 13.3. The molecular formula is C16H10F6N4O. The van der Waals surface area contributed by atoms with Gasteiger partial charge in [0.2, 0.25) is 0 Å². The standard InChI is InChI=1S/C16H10F6N4O/c17-15(18,19)13-6-2-4-11(25-13)8-26-14(23-9-24-26)10-3-1-5-12(7-10)27-16(20,21)22/h1-7,9H,8H2. The predicted molar refractivity (Wildman–Crippen MR) is 80.5 cm³/mol. The van der Waals surface area contributed by atoms with Gasteiger partial charge in [-0.3, -0.25) is 0 Å². The van der Waals surface area contributed by atoms with Gasteiger partial charge in [0.25, 0.3) is 0 Å². The van der Waals surface area contributed by atoms with Crippen molar-refractivity contribution in [2.75, 3.05) is 0 Å². The van der Waals surface area contributed by atoms with Crippen molar-refractivity contribution >= 4 is 0 Å². The number of pyridine rings is 1. The van der Waals surface area contributed by atoms with E-state index < -0.39 is 24.0 Å². The molecule has 0 aliphatic rings. The molecule has 5 nitrogen and oxygen atoms in total. The maximum Gasteiger partial charge on any atom is 0.573 e. The highest BCUT2D eigenvalue weighted by Gasteiger charge is 2.32. The normalized spacial score (nSPS) is 12.2. The van der Waals surface area contributed by atoms with Crippen LogP contribution in [0.5, 0.6) is 5.75 Å². The topological polar surface area (TPSA) is 52.8 Å². The first-order valence-electron chi connectivity index (χ1n) is 7.39. The Morgan fingerprint density at radius 1 is 0.963 bits per heavy atom. The van der Waals surface area contributed by atoms with Crippen LogP contribution >= 0.6 is 0 Å². The minimum atomic E-state index is -4.85. The quantitative estimate of drug-likeness (QED) is 0.626. The molecule has 3 aromatic rings. The van der Waals surface area contributed by atoms with Gasteiger partial charge >= 0.3 is 12.5 Å². The van der Waals surface area contributed by atoms with Crippen LogP contribution in [0.3, 0.4) is 0 Å². The van der Waals surface area contributed by atoms with Gasteiger partial charge in [0.05, 0.1) is 12.2 Å². The Labute approximate surface area is 148 Å². The lowest BCUT2D eigenvalue weighted by Gasteiger charge is -2.11. The minimum absolute atomic E-state index is 0.0688. The molecule has 142 valence electrons. The van der Waals surface area contributed by atoms with Crippen LogP contribution < -0.4 is 4.74 Å². The zero-order chi connectivity index (χ0) is 19.7. The summed E-state index contributed by atoms with van der Waals surface area (Å²) in [5, 5.41) is 3.91. The smallest absolute Gasteiger partial charge is 0.406 e. The van der Waals surface area contributed by atoms with Crippen LogP contribution in [-0.2, 0) is 12.7 Å². The molecular weight excluding hydrogens is 378 g/mol. The molecule has 0 amide bonds. The number of hydrogen-bond donors (Lipinski definition) is 0. The van der Waals surface area contributed by atoms with E-state index in [4.69, 9.17) is 0 Å². The number of ether oxygens (including phenoxy) is 1. The summed E-state index contributed by atoms with van der Waals surface area (Å²) in [7, 11) is 0. The second kappa shape index (κ2) is 6.89. The lowest BCUT2D eigenvalue weighted by Crippen LogP contribution is -2.17. The summed E-state index contributed by atoms with van der Waals surface area (Å²) in [5.74, 6) is -0.298. The minimum Gasteiger partial charge on any atom is -0.406 e. The maximum atomic E-state index is 12.8. The number of nitrogens with zero attached hydrogens (tertiary/aromatic N) is 4. The van der Waals surface area contributed by atoms with Crippen LogP contribution in [0.4, 0.5) is 26.3 Å². The first-order valence-corrected chi connectivity index (χ1v) is 7.39. The van der Waals surface area contributed by atoms with E-state index in [1.54, 1.807) is 0 Å². The van der Waals surface area contributed by atoms with Gasteiger partial charge in [-0.2, -0.15) is 18.3 Å². The number of aromatic nitrogens is 4. The van der Waals surface area contributed by atoms with Gasteiger partial charge in [-0.15, -0.1) is 13.2 Å². The largest absolute Gasteiger partial charge is 0.573 e. The molecule has 11 heteroatoms. The van der Waals surface area contributed by atoms with Crippen molar-refractivity contribution < 1.29 is 31.1 Å². The van der Waals surface area contributed by atoms with E-state index in [9.17, 15) is 26.3 Å². The maximum absolute atomic E-state index is 12.8. The average molecular weight is 388 g/mol. The molecule has 0 aliphatic heterocycles. The lowest BCUT2D eigenvalue weighted by atomic mass is 10.2. The van der Waals surface area contributed by atoms with Crippen molar-refractivity contribution in [1.82, 2.24) is 19.7 Å². The van der Waals surface area contributed by atoms with Gasteiger partial charge in [0.15, 0.2) is 5.82 Å². The highest BCUT2D eigenvalue weighted by Crippen LogP contribution is 2.29. The molecule has 0 fully saturated rings. The molecule has 0 unspecified atom stereocenters. The summed E-state index contributed by atoms with van der Waals surface area (Å²) in [6.45, 7) is -0.149. The van der Waals surface area contributed by atoms with Crippen molar-refractivity contribution in [3.63, 3.8) is 0 Å². The number of halogens is 6. The van der Waals surface area contributed by atoms with Crippen molar-refractivity contribution in [3.05, 3.63) is 60.2 Å². The molecule has 0 aliphatic carbocycles. The Balaban J connectivity index is 1.88. The van der Waals surface area contributed by atoms with Gasteiger partial charge in [-0.05, 0) is 24.3 Å². The van der Waals surface area contributed by atoms with Gasteiger partial charge < -0.3 is 4.74 Å². The lowest BCUT2D eigenvalue weighted by molar-refractivity contribution is -0.274. The first-order chi connectivity index (χ1) is 12.6. The summed E-state index contributed by atoms with van der Waals surface area (Å²) in [4.78, 5) is 7.49. The van der Waals surface area contributed by atoms with Crippen LogP contribution in [0.25, 0.3) is 11.4 Å². The summed E-state index contributed by atoms with van der Waals surface area (Å²) in [5.41, 5.74) is -0.734. The monoisotopic (exact) mass is 388 g/mol. The molecule has 1 aromatic carbocycles. The molecule has 0 spiro atoms. The first kappa shape index (κ1) is 18.7. The molecule has 2 heterocycles. The number of rotatable bonds is 4. The average Bonchev–Trinajstić information content (AvgIpc) is 3.01. The Hall–Kier alpha value is -3.11. The fourth-order valence-corrected chi connectivity index (χ4v) is 2.31. The molecule has 3 rings (SSSR count). The molecule has 2 aromatic heterocycles. The van der Waals surface area contributed by atoms with Gasteiger partial charge in [0, 0.05) is 5.56 Å². The van der Waals surface area contributed by atoms with Crippen molar-refractivity contribution in [2.45, 2.75) is 19.1 Å². The number of hydrogen-bond acceptors (Lipinski definition) is 4. The summed E-state index contributed by atoms with van der Waals surface area (Å²) >= 11 is 0. The van der Waals surface area contributed by atoms with E-state index in [2.05, 4.69) is 19.8 Å². The summed E-state index contributed by atoms with van der Waals surface area (Å²) in [6.07, 6.45) is -8.31. The van der Waals surface area contributed by atoms with E-state index in [-0.39, 0.29) is 23.6 Å². The fourth-order valence-electron chi connectivity index (χ4n) is 2.31. The van der Waals surface area contributed by atoms with Crippen molar-refractivity contribution in [2.24, 2.45) is 0 Å². The van der Waals surface area contributed by atoms with E-state index in [1.165, 1.54) is 28.9 Å². The van der Waals surface area contributed by atoms with E-state index >= 15 is 0 Å². The van der Waals surface area contributed by atoms with Crippen LogP contribution in [0.1, 0.15) is 11.4 Å². The summed E-state index contributed by atoms with van der Waals surface area (Å²) in [6, 6.07) is 8.45. The Morgan fingerprint density at radius 2 is 1.70 bits per heavy atom. The number of benzene rings is 1. The highest BCUT2D eigenvalue weighted by molar-refractivity contribution is 5.57. The second-order valence-corrected chi connectivity index (χ2v) is 5.33. The van der Waals surface area contributed by atoms with Gasteiger partial charge in [-0.1, -0.05) is 18.2 Å². The van der Waals surface area contributed by atoms with Gasteiger partial charge in [0.1, 0.15) is 17.8 Å². The molecule has 27 heavy (non-hydrogen) atoms. The molecule has 0 saturated heterocycles. The van der Waals surface area contributed by atoms with Crippen LogP contribution in [0, 0.1) is 0 Å². The Kier molecular flexibility index (Phi) is 4.77. The second-order valence-electron chi connectivity index (χ2n) is 5.33. The Morgan fingerprint density at radius 3 is 2.41 bits per heavy atom. The highest BCUT2D eigenvalue weighted by atomic mass is 19.4. The van der Waals surface area contributed by atoms with Gasteiger partial charge in [-0.25, -0.2) is 14.6 Å². The third-order valence-electron chi connectivity index (χ3n) is 3.35. The van der Waals surface area contributed by atoms with E-state index in [0.29, 0.717) is 0 Å². The van der Waals surface area contributed by atoms with E-state index in [1.807, 2.05) is 0 Å². The number of alkyl halides is 6. The SMILES string of the molecule is FC(F)(F)Oc1cccc(-c2ncnn2Cc2cccc(C(F)(F)F)n2)c1. The van der Waals surface area contributed by atoms with Crippen LogP contribution in [0.2, 0.25) is 0 Å². The fraction of sp³-hybridized carbons (Fsp3) is 0.188. The molecule has 0 radical (unpaired) electrons. The van der Waals surface area contributed by atoms with Crippen molar-refractivity contribution in [1.29, 1.82) is 0 Å². The predicted octanol–water partition coefficient (Wildman–Crippen LogP) is 4.31. The molecule has 0 saturated carbocycles. The van der Waals surface area contributed by atoms with E-state index in [0.717, 1.165) is 24.5 Å². The van der Waals surface area contributed by atoms with Crippen molar-refractivity contribution in [3.8, 4) is 17.1 Å². The molecule has 0 atom stereocenters. The third-order valence-corrected chi connectivity index (χ3v) is 3.35. The summed E-state index contributed by atoms with van der Waals surface area (Å²) < 4.78 is 80.5. The van der Waals surface area contributed by atoms with Crippen LogP contribution in [0.15, 0.2) is 48.8 Å². The molecule has 0 N–H and O–H groups in total. The third kappa shape index (κ3) is 4.74. The van der Waals surface area contributed by atoms with Crippen LogP contribution in [-0.4, -0.2) is 26.1 Å². The Bertz CT molecular complexity index is 935.